The molecule has 2 aromatic rings. The van der Waals surface area contributed by atoms with Crippen molar-refractivity contribution < 1.29 is 19.0 Å². The fourth-order valence-corrected chi connectivity index (χ4v) is 2.20. The van der Waals surface area contributed by atoms with E-state index < -0.39 is 0 Å². The van der Waals surface area contributed by atoms with Crippen LogP contribution in [-0.2, 0) is 6.42 Å². The number of fused-ring (bicyclic) bond motifs is 1. The predicted octanol–water partition coefficient (Wildman–Crippen LogP) is 2.55. The maximum Gasteiger partial charge on any atom is 0.238 e. The Morgan fingerprint density at radius 2 is 2.10 bits per heavy atom. The molecular weight excluding hydrogens is 260 g/mol. The lowest BCUT2D eigenvalue weighted by molar-refractivity contribution is 0.380. The smallest absolute Gasteiger partial charge is 0.238 e. The molecule has 0 spiro atoms. The molecule has 0 saturated heterocycles. The van der Waals surface area contributed by atoms with Crippen molar-refractivity contribution in [1.82, 2.24) is 0 Å². The minimum absolute atomic E-state index is 0.00182. The molecule has 1 aromatic carbocycles. The zero-order valence-corrected chi connectivity index (χ0v) is 11.6. The van der Waals surface area contributed by atoms with E-state index in [9.17, 15) is 9.90 Å². The van der Waals surface area contributed by atoms with E-state index in [4.69, 9.17) is 13.9 Å². The highest BCUT2D eigenvalue weighted by atomic mass is 16.5. The van der Waals surface area contributed by atoms with Crippen LogP contribution in [0.2, 0.25) is 0 Å². The SMILES string of the molecule is C=CCc1c(O)cc(OC)c2c(=O)c(OC)c(C)oc12. The van der Waals surface area contributed by atoms with Gasteiger partial charge in [0.05, 0.1) is 14.2 Å². The van der Waals surface area contributed by atoms with E-state index in [2.05, 4.69) is 6.58 Å². The molecule has 2 rings (SSSR count). The Hall–Kier alpha value is -2.43. The molecule has 0 radical (unpaired) electrons. The van der Waals surface area contributed by atoms with E-state index in [0.717, 1.165) is 0 Å². The van der Waals surface area contributed by atoms with Crippen molar-refractivity contribution in [2.75, 3.05) is 14.2 Å². The van der Waals surface area contributed by atoms with Gasteiger partial charge in [0.15, 0.2) is 0 Å². The van der Waals surface area contributed by atoms with Crippen LogP contribution in [-0.4, -0.2) is 19.3 Å². The summed E-state index contributed by atoms with van der Waals surface area (Å²) in [6, 6.07) is 1.40. The molecule has 0 bridgehead atoms. The van der Waals surface area contributed by atoms with E-state index >= 15 is 0 Å². The second-order valence-electron chi connectivity index (χ2n) is 4.29. The number of aryl methyl sites for hydroxylation is 1. The second kappa shape index (κ2) is 5.28. The summed E-state index contributed by atoms with van der Waals surface area (Å²) in [5, 5.41) is 10.3. The van der Waals surface area contributed by atoms with Gasteiger partial charge in [-0.05, 0) is 13.3 Å². The summed E-state index contributed by atoms with van der Waals surface area (Å²) in [6.45, 7) is 5.27. The third-order valence-electron chi connectivity index (χ3n) is 3.11. The summed E-state index contributed by atoms with van der Waals surface area (Å²) in [5.74, 6) is 0.730. The summed E-state index contributed by atoms with van der Waals surface area (Å²) in [4.78, 5) is 12.5. The van der Waals surface area contributed by atoms with Crippen molar-refractivity contribution in [2.45, 2.75) is 13.3 Å². The Balaban J connectivity index is 3.01. The topological polar surface area (TPSA) is 68.9 Å². The number of allylic oxidation sites excluding steroid dienone is 1. The first-order valence-electron chi connectivity index (χ1n) is 6.06. The van der Waals surface area contributed by atoms with Crippen molar-refractivity contribution in [3.8, 4) is 17.2 Å². The fourth-order valence-electron chi connectivity index (χ4n) is 2.20. The van der Waals surface area contributed by atoms with Gasteiger partial charge in [-0.25, -0.2) is 0 Å². The van der Waals surface area contributed by atoms with E-state index in [1.165, 1.54) is 20.3 Å². The van der Waals surface area contributed by atoms with Crippen molar-refractivity contribution in [3.63, 3.8) is 0 Å². The fraction of sp³-hybridized carbons (Fsp3) is 0.267. The average molecular weight is 276 g/mol. The lowest BCUT2D eigenvalue weighted by Gasteiger charge is -2.12. The van der Waals surface area contributed by atoms with Crippen molar-refractivity contribution >= 4 is 11.0 Å². The molecule has 0 unspecified atom stereocenters. The van der Waals surface area contributed by atoms with Gasteiger partial charge in [-0.2, -0.15) is 0 Å². The van der Waals surface area contributed by atoms with Crippen LogP contribution < -0.4 is 14.9 Å². The lowest BCUT2D eigenvalue weighted by atomic mass is 10.0. The average Bonchev–Trinajstić information content (AvgIpc) is 2.42. The van der Waals surface area contributed by atoms with Crippen LogP contribution >= 0.6 is 0 Å². The van der Waals surface area contributed by atoms with Crippen LogP contribution in [0.25, 0.3) is 11.0 Å². The number of phenolic OH excluding ortho intramolecular Hbond substituents is 1. The Bertz CT molecular complexity index is 727. The van der Waals surface area contributed by atoms with Gasteiger partial charge in [0.2, 0.25) is 11.2 Å². The minimum atomic E-state index is -0.326. The van der Waals surface area contributed by atoms with Crippen molar-refractivity contribution in [3.05, 3.63) is 40.3 Å². The maximum absolute atomic E-state index is 12.5. The number of phenols is 1. The molecule has 5 heteroatoms. The number of methoxy groups -OCH3 is 2. The lowest BCUT2D eigenvalue weighted by Crippen LogP contribution is -2.10. The van der Waals surface area contributed by atoms with Gasteiger partial charge in [-0.1, -0.05) is 6.08 Å². The summed E-state index contributed by atoms with van der Waals surface area (Å²) < 4.78 is 15.9. The largest absolute Gasteiger partial charge is 0.507 e. The van der Waals surface area contributed by atoms with Gasteiger partial charge in [0, 0.05) is 11.6 Å². The predicted molar refractivity (Wildman–Crippen MR) is 75.9 cm³/mol. The number of ether oxygens (including phenoxy) is 2. The highest BCUT2D eigenvalue weighted by molar-refractivity contribution is 5.89. The zero-order chi connectivity index (χ0) is 14.9. The van der Waals surface area contributed by atoms with E-state index in [0.29, 0.717) is 23.3 Å². The van der Waals surface area contributed by atoms with Crippen LogP contribution in [0, 0.1) is 6.92 Å². The number of rotatable bonds is 4. The zero-order valence-electron chi connectivity index (χ0n) is 11.6. The Morgan fingerprint density at radius 3 is 2.65 bits per heavy atom. The van der Waals surface area contributed by atoms with Gasteiger partial charge in [0.1, 0.15) is 28.2 Å². The monoisotopic (exact) mass is 276 g/mol. The van der Waals surface area contributed by atoms with Crippen LogP contribution in [0.4, 0.5) is 0 Å². The van der Waals surface area contributed by atoms with Crippen LogP contribution in [0.1, 0.15) is 11.3 Å². The molecule has 106 valence electrons. The highest BCUT2D eigenvalue weighted by Crippen LogP contribution is 2.36. The molecule has 0 fully saturated rings. The van der Waals surface area contributed by atoms with Gasteiger partial charge in [-0.3, -0.25) is 4.79 Å². The molecule has 0 aliphatic heterocycles. The summed E-state index contributed by atoms with van der Waals surface area (Å²) in [6.07, 6.45) is 2.00. The van der Waals surface area contributed by atoms with Crippen LogP contribution in [0.3, 0.4) is 0 Å². The molecular formula is C15H16O5. The number of hydrogen-bond acceptors (Lipinski definition) is 5. The molecule has 0 amide bonds. The standard InChI is InChI=1S/C15H16O5/c1-5-6-9-10(16)7-11(18-3)12-13(17)14(19-4)8(2)20-15(9)12/h5,7,16H,1,6H2,2-4H3. The van der Waals surface area contributed by atoms with Gasteiger partial charge in [-0.15, -0.1) is 6.58 Å². The van der Waals surface area contributed by atoms with E-state index in [1.807, 2.05) is 0 Å². The van der Waals surface area contributed by atoms with Crippen molar-refractivity contribution in [1.29, 1.82) is 0 Å². The molecule has 0 atom stereocenters. The summed E-state index contributed by atoms with van der Waals surface area (Å²) in [7, 11) is 2.83. The first-order chi connectivity index (χ1) is 9.54. The van der Waals surface area contributed by atoms with Gasteiger partial charge in [0.25, 0.3) is 0 Å². The third-order valence-corrected chi connectivity index (χ3v) is 3.11. The van der Waals surface area contributed by atoms with E-state index in [1.54, 1.807) is 13.0 Å². The molecule has 1 heterocycles. The summed E-state index contributed by atoms with van der Waals surface area (Å²) in [5.41, 5.74) is 0.470. The molecule has 5 nitrogen and oxygen atoms in total. The van der Waals surface area contributed by atoms with Crippen LogP contribution in [0.15, 0.2) is 27.9 Å². The third kappa shape index (κ3) is 2.01. The minimum Gasteiger partial charge on any atom is -0.507 e. The Kier molecular flexibility index (Phi) is 3.70. The van der Waals surface area contributed by atoms with Crippen molar-refractivity contribution in [2.24, 2.45) is 0 Å². The van der Waals surface area contributed by atoms with Crippen LogP contribution in [0.5, 0.6) is 17.2 Å². The quantitative estimate of drug-likeness (QED) is 0.869. The molecule has 20 heavy (non-hydrogen) atoms. The number of benzene rings is 1. The number of aromatic hydroxyl groups is 1. The first-order valence-corrected chi connectivity index (χ1v) is 6.06. The highest BCUT2D eigenvalue weighted by Gasteiger charge is 2.20. The Labute approximate surface area is 116 Å². The molecule has 0 aliphatic carbocycles. The van der Waals surface area contributed by atoms with Gasteiger partial charge < -0.3 is 19.0 Å². The van der Waals surface area contributed by atoms with Gasteiger partial charge >= 0.3 is 0 Å². The maximum atomic E-state index is 12.5. The first kappa shape index (κ1) is 14.0. The molecule has 1 N–H and O–H groups in total. The second-order valence-corrected chi connectivity index (χ2v) is 4.29. The molecule has 0 aliphatic rings. The summed E-state index contributed by atoms with van der Waals surface area (Å²) >= 11 is 0. The van der Waals surface area contributed by atoms with E-state index in [-0.39, 0.29) is 28.1 Å². The number of hydrogen-bond donors (Lipinski definition) is 1. The normalized spacial score (nSPS) is 10.6. The Morgan fingerprint density at radius 1 is 1.40 bits per heavy atom. The molecule has 1 aromatic heterocycles. The molecule has 0 saturated carbocycles.